The number of nitrogens with zero attached hydrogens (tertiary/aromatic N) is 3. The zero-order chi connectivity index (χ0) is 12.3. The van der Waals surface area contributed by atoms with E-state index in [1.807, 2.05) is 44.1 Å². The maximum absolute atomic E-state index is 5.32. The van der Waals surface area contributed by atoms with E-state index in [9.17, 15) is 0 Å². The minimum Gasteiger partial charge on any atom is -0.467 e. The Morgan fingerprint density at radius 2 is 2.18 bits per heavy atom. The lowest BCUT2D eigenvalue weighted by Crippen LogP contribution is -2.14. The van der Waals surface area contributed by atoms with E-state index >= 15 is 0 Å². The molecule has 1 atom stereocenters. The van der Waals surface area contributed by atoms with Crippen molar-refractivity contribution in [2.24, 2.45) is 0 Å². The molecule has 0 aliphatic rings. The molecular formula is C12H16N4O. The molecule has 0 aromatic carbocycles. The van der Waals surface area contributed by atoms with E-state index in [-0.39, 0.29) is 6.04 Å². The Morgan fingerprint density at radius 1 is 1.35 bits per heavy atom. The Hall–Kier alpha value is -2.04. The van der Waals surface area contributed by atoms with Crippen molar-refractivity contribution in [2.45, 2.75) is 13.0 Å². The molecule has 2 aromatic heterocycles. The largest absolute Gasteiger partial charge is 0.467 e. The van der Waals surface area contributed by atoms with Crippen molar-refractivity contribution in [3.05, 3.63) is 36.4 Å². The maximum Gasteiger partial charge on any atom is 0.225 e. The van der Waals surface area contributed by atoms with Gasteiger partial charge >= 0.3 is 0 Å². The summed E-state index contributed by atoms with van der Waals surface area (Å²) < 4.78 is 5.32. The van der Waals surface area contributed by atoms with E-state index in [4.69, 9.17) is 4.42 Å². The standard InChI is InChI=1S/C12H16N4O/c1-9(10-5-4-8-17-10)14-12-13-7-6-11(15-12)16(2)3/h4-9H,1-3H3,(H,13,14,15). The van der Waals surface area contributed by atoms with Crippen LogP contribution in [0.3, 0.4) is 0 Å². The van der Waals surface area contributed by atoms with Crippen LogP contribution in [0.1, 0.15) is 18.7 Å². The number of nitrogens with one attached hydrogen (secondary N) is 1. The molecule has 90 valence electrons. The summed E-state index contributed by atoms with van der Waals surface area (Å²) in [5.74, 6) is 2.33. The van der Waals surface area contributed by atoms with Crippen molar-refractivity contribution in [1.29, 1.82) is 0 Å². The minimum absolute atomic E-state index is 0.0439. The van der Waals surface area contributed by atoms with Gasteiger partial charge in [0, 0.05) is 20.3 Å². The number of rotatable bonds is 4. The fourth-order valence-electron chi connectivity index (χ4n) is 1.47. The molecule has 2 heterocycles. The van der Waals surface area contributed by atoms with E-state index in [1.54, 1.807) is 12.5 Å². The Kier molecular flexibility index (Phi) is 3.27. The van der Waals surface area contributed by atoms with E-state index in [0.717, 1.165) is 11.6 Å². The molecule has 0 aliphatic heterocycles. The first kappa shape index (κ1) is 11.4. The summed E-state index contributed by atoms with van der Waals surface area (Å²) in [6.45, 7) is 2.00. The predicted octanol–water partition coefficient (Wildman–Crippen LogP) is 2.31. The van der Waals surface area contributed by atoms with Crippen LogP contribution in [0.2, 0.25) is 0 Å². The molecule has 0 saturated heterocycles. The first-order chi connectivity index (χ1) is 8.16. The smallest absolute Gasteiger partial charge is 0.225 e. The summed E-state index contributed by atoms with van der Waals surface area (Å²) in [7, 11) is 3.89. The van der Waals surface area contributed by atoms with Gasteiger partial charge in [-0.25, -0.2) is 4.98 Å². The highest BCUT2D eigenvalue weighted by atomic mass is 16.3. The first-order valence-electron chi connectivity index (χ1n) is 5.47. The van der Waals surface area contributed by atoms with Crippen LogP contribution in [-0.4, -0.2) is 24.1 Å². The Bertz CT molecular complexity index is 467. The fourth-order valence-corrected chi connectivity index (χ4v) is 1.47. The zero-order valence-corrected chi connectivity index (χ0v) is 10.2. The van der Waals surface area contributed by atoms with Crippen LogP contribution in [0.4, 0.5) is 11.8 Å². The van der Waals surface area contributed by atoms with Crippen molar-refractivity contribution < 1.29 is 4.42 Å². The number of anilines is 2. The zero-order valence-electron chi connectivity index (χ0n) is 10.2. The van der Waals surface area contributed by atoms with E-state index in [0.29, 0.717) is 5.95 Å². The molecule has 2 rings (SSSR count). The first-order valence-corrected chi connectivity index (χ1v) is 5.47. The number of furan rings is 1. The van der Waals surface area contributed by atoms with Crippen LogP contribution in [-0.2, 0) is 0 Å². The van der Waals surface area contributed by atoms with Gasteiger partial charge in [-0.2, -0.15) is 4.98 Å². The molecule has 0 fully saturated rings. The third-order valence-electron chi connectivity index (χ3n) is 2.41. The van der Waals surface area contributed by atoms with Crippen molar-refractivity contribution >= 4 is 11.8 Å². The minimum atomic E-state index is 0.0439. The highest BCUT2D eigenvalue weighted by Gasteiger charge is 2.09. The molecule has 1 N–H and O–H groups in total. The van der Waals surface area contributed by atoms with Crippen LogP contribution in [0.25, 0.3) is 0 Å². The monoisotopic (exact) mass is 232 g/mol. The van der Waals surface area contributed by atoms with Crippen LogP contribution in [0.15, 0.2) is 35.1 Å². The van der Waals surface area contributed by atoms with Gasteiger partial charge in [-0.1, -0.05) is 0 Å². The van der Waals surface area contributed by atoms with Gasteiger partial charge in [0.15, 0.2) is 0 Å². The van der Waals surface area contributed by atoms with E-state index in [2.05, 4.69) is 15.3 Å². The number of hydrogen-bond acceptors (Lipinski definition) is 5. The van der Waals surface area contributed by atoms with Crippen molar-refractivity contribution in [3.8, 4) is 0 Å². The fraction of sp³-hybridized carbons (Fsp3) is 0.333. The van der Waals surface area contributed by atoms with Crippen LogP contribution in [0.5, 0.6) is 0 Å². The molecular weight excluding hydrogens is 216 g/mol. The molecule has 0 spiro atoms. The molecule has 0 saturated carbocycles. The molecule has 1 unspecified atom stereocenters. The van der Waals surface area contributed by atoms with Gasteiger partial charge in [0.05, 0.1) is 12.3 Å². The normalized spacial score (nSPS) is 12.2. The van der Waals surface area contributed by atoms with Gasteiger partial charge in [0.1, 0.15) is 11.6 Å². The van der Waals surface area contributed by atoms with E-state index < -0.39 is 0 Å². The lowest BCUT2D eigenvalue weighted by atomic mass is 10.2. The molecule has 0 radical (unpaired) electrons. The Balaban J connectivity index is 2.11. The van der Waals surface area contributed by atoms with Crippen LogP contribution in [0, 0.1) is 0 Å². The van der Waals surface area contributed by atoms with Crippen LogP contribution >= 0.6 is 0 Å². The molecule has 17 heavy (non-hydrogen) atoms. The molecule has 0 aliphatic carbocycles. The third-order valence-corrected chi connectivity index (χ3v) is 2.41. The van der Waals surface area contributed by atoms with Crippen LogP contribution < -0.4 is 10.2 Å². The molecule has 5 heteroatoms. The molecule has 2 aromatic rings. The topological polar surface area (TPSA) is 54.2 Å². The van der Waals surface area contributed by atoms with Gasteiger partial charge in [-0.15, -0.1) is 0 Å². The van der Waals surface area contributed by atoms with Gasteiger partial charge in [0.2, 0.25) is 5.95 Å². The average Bonchev–Trinajstić information content (AvgIpc) is 2.82. The summed E-state index contributed by atoms with van der Waals surface area (Å²) in [4.78, 5) is 10.5. The van der Waals surface area contributed by atoms with Gasteiger partial charge < -0.3 is 14.6 Å². The lowest BCUT2D eigenvalue weighted by Gasteiger charge is -2.14. The Morgan fingerprint density at radius 3 is 2.82 bits per heavy atom. The summed E-state index contributed by atoms with van der Waals surface area (Å²) in [5.41, 5.74) is 0. The molecule has 5 nitrogen and oxygen atoms in total. The van der Waals surface area contributed by atoms with Gasteiger partial charge in [0.25, 0.3) is 0 Å². The molecule has 0 bridgehead atoms. The van der Waals surface area contributed by atoms with Crippen molar-refractivity contribution in [2.75, 3.05) is 24.3 Å². The van der Waals surface area contributed by atoms with E-state index in [1.165, 1.54) is 0 Å². The van der Waals surface area contributed by atoms with Gasteiger partial charge in [-0.3, -0.25) is 0 Å². The predicted molar refractivity (Wildman–Crippen MR) is 67.1 cm³/mol. The Labute approximate surface area is 100 Å². The maximum atomic E-state index is 5.32. The van der Waals surface area contributed by atoms with Gasteiger partial charge in [-0.05, 0) is 25.1 Å². The summed E-state index contributed by atoms with van der Waals surface area (Å²) >= 11 is 0. The summed E-state index contributed by atoms with van der Waals surface area (Å²) in [6, 6.07) is 5.70. The number of hydrogen-bond donors (Lipinski definition) is 1. The second-order valence-corrected chi connectivity index (χ2v) is 4.01. The summed E-state index contributed by atoms with van der Waals surface area (Å²) in [5, 5.41) is 3.20. The van der Waals surface area contributed by atoms with Crippen molar-refractivity contribution in [1.82, 2.24) is 9.97 Å². The summed E-state index contributed by atoms with van der Waals surface area (Å²) in [6.07, 6.45) is 3.39. The second-order valence-electron chi connectivity index (χ2n) is 4.01. The highest BCUT2D eigenvalue weighted by Crippen LogP contribution is 2.18. The highest BCUT2D eigenvalue weighted by molar-refractivity contribution is 5.41. The van der Waals surface area contributed by atoms with Crippen molar-refractivity contribution in [3.63, 3.8) is 0 Å². The SMILES string of the molecule is CC(Nc1nccc(N(C)C)n1)c1ccco1. The average molecular weight is 232 g/mol. The second kappa shape index (κ2) is 4.86. The quantitative estimate of drug-likeness (QED) is 0.876. The lowest BCUT2D eigenvalue weighted by molar-refractivity contribution is 0.489. The third kappa shape index (κ3) is 2.75. The number of aromatic nitrogens is 2. The molecule has 0 amide bonds.